The summed E-state index contributed by atoms with van der Waals surface area (Å²) in [5.74, 6) is 0.148. The molecule has 59 heavy (non-hydrogen) atoms. The van der Waals surface area contributed by atoms with Crippen molar-refractivity contribution in [3.8, 4) is 0 Å². The maximum atomic E-state index is 12.7. The van der Waals surface area contributed by atoms with Gasteiger partial charge in [0.25, 0.3) is 0 Å². The summed E-state index contributed by atoms with van der Waals surface area (Å²) in [5.41, 5.74) is 3.88. The standard InChI is InChI=1S/C48H78N2O9/c1-3-4-5-6-7-8-9-10-11-12-13-14-15-16-46(52)49-37-41-17-23-44(24-18-41)48-58-45(40(2)47(59-48)43-21-19-42(39-51)20-22-43)38-50-25-27-53-29-31-55-33-35-57-36-34-56-32-30-54-28-26-50/h17-24,40,45,47-48,51H,3-16,25-39H2,1-2H3,(H,49,52)/t40-,45+,47+,48?/m0/s1. The highest BCUT2D eigenvalue weighted by atomic mass is 16.7. The predicted octanol–water partition coefficient (Wildman–Crippen LogP) is 8.47. The Hall–Kier alpha value is -2.45. The molecule has 0 spiro atoms. The number of ether oxygens (including phenoxy) is 7. The van der Waals surface area contributed by atoms with Gasteiger partial charge in [-0.2, -0.15) is 0 Å². The van der Waals surface area contributed by atoms with E-state index in [1.807, 2.05) is 36.4 Å². The SMILES string of the molecule is CCCCCCCCCCCCCCCC(=O)NCc1ccc(C2O[C@H](CN3CCOCCOCCOCCOCCOCC3)[C@H](C)[C@H](c3ccc(CO)cc3)O2)cc1. The number of benzene rings is 2. The Balaban J connectivity index is 1.27. The average molecular weight is 827 g/mol. The van der Waals surface area contributed by atoms with Gasteiger partial charge in [0.05, 0.1) is 84.9 Å². The van der Waals surface area contributed by atoms with E-state index in [9.17, 15) is 9.90 Å². The molecule has 4 atom stereocenters. The normalized spacial score (nSPS) is 22.4. The molecule has 0 radical (unpaired) electrons. The number of hydrogen-bond donors (Lipinski definition) is 2. The number of rotatable bonds is 21. The number of nitrogens with one attached hydrogen (secondary N) is 1. The first-order chi connectivity index (χ1) is 29.1. The summed E-state index contributed by atoms with van der Waals surface area (Å²) >= 11 is 0. The van der Waals surface area contributed by atoms with Crippen molar-refractivity contribution in [3.05, 3.63) is 70.8 Å². The molecule has 2 heterocycles. The van der Waals surface area contributed by atoms with E-state index < -0.39 is 6.29 Å². The molecule has 11 heteroatoms. The van der Waals surface area contributed by atoms with Crippen molar-refractivity contribution in [2.24, 2.45) is 5.92 Å². The molecule has 1 amide bonds. The third-order valence-corrected chi connectivity index (χ3v) is 11.4. The number of aliphatic hydroxyl groups is 1. The van der Waals surface area contributed by atoms with Gasteiger partial charge in [-0.15, -0.1) is 0 Å². The maximum absolute atomic E-state index is 12.7. The summed E-state index contributed by atoms with van der Waals surface area (Å²) in [7, 11) is 0. The van der Waals surface area contributed by atoms with Crippen LogP contribution in [0.1, 0.15) is 138 Å². The maximum Gasteiger partial charge on any atom is 0.220 e. The molecule has 2 aromatic rings. The van der Waals surface area contributed by atoms with Gasteiger partial charge in [0, 0.05) is 44.1 Å². The zero-order chi connectivity index (χ0) is 41.6. The van der Waals surface area contributed by atoms with Crippen molar-refractivity contribution in [1.82, 2.24) is 10.2 Å². The van der Waals surface area contributed by atoms with Gasteiger partial charge >= 0.3 is 0 Å². The van der Waals surface area contributed by atoms with E-state index in [1.54, 1.807) is 0 Å². The van der Waals surface area contributed by atoms with Crippen molar-refractivity contribution in [1.29, 1.82) is 0 Å². The lowest BCUT2D eigenvalue weighted by atomic mass is 9.90. The molecule has 2 N–H and O–H groups in total. The zero-order valence-corrected chi connectivity index (χ0v) is 36.6. The van der Waals surface area contributed by atoms with Crippen LogP contribution >= 0.6 is 0 Å². The number of unbranched alkanes of at least 4 members (excludes halogenated alkanes) is 12. The van der Waals surface area contributed by atoms with Crippen LogP contribution in [0.25, 0.3) is 0 Å². The van der Waals surface area contributed by atoms with Gasteiger partial charge < -0.3 is 43.6 Å². The molecule has 0 bridgehead atoms. The molecular formula is C48H78N2O9. The van der Waals surface area contributed by atoms with Crippen LogP contribution in [0, 0.1) is 5.92 Å². The van der Waals surface area contributed by atoms with Gasteiger partial charge in [0.1, 0.15) is 0 Å². The Bertz CT molecular complexity index is 1310. The Kier molecular flexibility index (Phi) is 26.2. The minimum Gasteiger partial charge on any atom is -0.392 e. The van der Waals surface area contributed by atoms with Crippen LogP contribution in [0.2, 0.25) is 0 Å². The summed E-state index contributed by atoms with van der Waals surface area (Å²) in [6.45, 7) is 12.4. The van der Waals surface area contributed by atoms with E-state index in [-0.39, 0.29) is 30.6 Å². The van der Waals surface area contributed by atoms with E-state index in [4.69, 9.17) is 33.2 Å². The first kappa shape index (κ1) is 49.2. The van der Waals surface area contributed by atoms with Crippen molar-refractivity contribution in [2.45, 2.75) is 135 Å². The van der Waals surface area contributed by atoms with Gasteiger partial charge in [0.15, 0.2) is 6.29 Å². The van der Waals surface area contributed by atoms with Gasteiger partial charge in [-0.1, -0.05) is 139 Å². The molecule has 2 aromatic carbocycles. The molecule has 2 fully saturated rings. The van der Waals surface area contributed by atoms with E-state index in [0.29, 0.717) is 85.6 Å². The fourth-order valence-corrected chi connectivity index (χ4v) is 7.63. The first-order valence-corrected chi connectivity index (χ1v) is 23.0. The molecule has 1 unspecified atom stereocenters. The molecule has 0 saturated carbocycles. The molecule has 2 saturated heterocycles. The molecule has 11 nitrogen and oxygen atoms in total. The second-order valence-corrected chi connectivity index (χ2v) is 16.2. The van der Waals surface area contributed by atoms with Crippen LogP contribution in [0.4, 0.5) is 0 Å². The molecule has 334 valence electrons. The number of carbonyl (C=O) groups is 1. The van der Waals surface area contributed by atoms with Gasteiger partial charge in [-0.25, -0.2) is 0 Å². The Morgan fingerprint density at radius 2 is 1.07 bits per heavy atom. The lowest BCUT2D eigenvalue weighted by molar-refractivity contribution is -0.276. The Labute approximate surface area is 356 Å². The van der Waals surface area contributed by atoms with Crippen molar-refractivity contribution < 1.29 is 43.1 Å². The van der Waals surface area contributed by atoms with Gasteiger partial charge in [-0.3, -0.25) is 9.69 Å². The van der Waals surface area contributed by atoms with Crippen molar-refractivity contribution >= 4 is 5.91 Å². The smallest absolute Gasteiger partial charge is 0.220 e. The van der Waals surface area contributed by atoms with E-state index in [1.165, 1.54) is 70.6 Å². The minimum atomic E-state index is -0.580. The van der Waals surface area contributed by atoms with Crippen LogP contribution in [0.15, 0.2) is 48.5 Å². The summed E-state index contributed by atoms with van der Waals surface area (Å²) in [5, 5.41) is 12.8. The van der Waals surface area contributed by atoms with Crippen LogP contribution in [-0.2, 0) is 51.1 Å². The Morgan fingerprint density at radius 1 is 0.610 bits per heavy atom. The number of hydrogen-bond acceptors (Lipinski definition) is 10. The quantitative estimate of drug-likeness (QED) is 0.119. The molecule has 2 aliphatic rings. The second kappa shape index (κ2) is 31.4. The van der Waals surface area contributed by atoms with Gasteiger partial charge in [0.2, 0.25) is 5.91 Å². The minimum absolute atomic E-state index is 0.00622. The van der Waals surface area contributed by atoms with E-state index >= 15 is 0 Å². The average Bonchev–Trinajstić information content (AvgIpc) is 3.26. The highest BCUT2D eigenvalue weighted by Gasteiger charge is 2.39. The monoisotopic (exact) mass is 827 g/mol. The molecule has 2 aliphatic heterocycles. The van der Waals surface area contributed by atoms with Crippen LogP contribution in [0.5, 0.6) is 0 Å². The zero-order valence-electron chi connectivity index (χ0n) is 36.6. The number of aliphatic hydroxyl groups excluding tert-OH is 1. The van der Waals surface area contributed by atoms with Crippen LogP contribution in [0.3, 0.4) is 0 Å². The first-order valence-electron chi connectivity index (χ1n) is 23.0. The molecule has 0 aromatic heterocycles. The third-order valence-electron chi connectivity index (χ3n) is 11.4. The largest absolute Gasteiger partial charge is 0.392 e. The van der Waals surface area contributed by atoms with Crippen molar-refractivity contribution in [3.63, 3.8) is 0 Å². The summed E-state index contributed by atoms with van der Waals surface area (Å²) in [6, 6.07) is 16.2. The van der Waals surface area contributed by atoms with Crippen LogP contribution < -0.4 is 5.32 Å². The fraction of sp³-hybridized carbons (Fsp3) is 0.729. The highest BCUT2D eigenvalue weighted by molar-refractivity contribution is 5.75. The number of nitrogens with zero attached hydrogens (tertiary/aromatic N) is 1. The highest BCUT2D eigenvalue weighted by Crippen LogP contribution is 2.42. The molecular weight excluding hydrogens is 749 g/mol. The fourth-order valence-electron chi connectivity index (χ4n) is 7.63. The summed E-state index contributed by atoms with van der Waals surface area (Å²) < 4.78 is 42.3. The summed E-state index contributed by atoms with van der Waals surface area (Å²) in [6.07, 6.45) is 16.5. The van der Waals surface area contributed by atoms with Crippen LogP contribution in [-0.4, -0.2) is 108 Å². The molecule has 4 rings (SSSR count). The lowest BCUT2D eigenvalue weighted by Crippen LogP contribution is -2.46. The topological polar surface area (TPSA) is 117 Å². The summed E-state index contributed by atoms with van der Waals surface area (Å²) in [4.78, 5) is 15.0. The molecule has 0 aliphatic carbocycles. The number of carbonyl (C=O) groups excluding carboxylic acids is 1. The van der Waals surface area contributed by atoms with Crippen molar-refractivity contribution in [2.75, 3.05) is 85.7 Å². The van der Waals surface area contributed by atoms with E-state index in [0.717, 1.165) is 48.2 Å². The Morgan fingerprint density at radius 3 is 1.58 bits per heavy atom. The van der Waals surface area contributed by atoms with E-state index in [2.05, 4.69) is 36.2 Å². The third kappa shape index (κ3) is 20.8. The second-order valence-electron chi connectivity index (χ2n) is 16.2. The predicted molar refractivity (Wildman–Crippen MR) is 232 cm³/mol. The van der Waals surface area contributed by atoms with Gasteiger partial charge in [-0.05, 0) is 23.1 Å². The lowest BCUT2D eigenvalue weighted by Gasteiger charge is -2.43. The number of amides is 1.